The minimum Gasteiger partial charge on any atom is -0.487 e. The van der Waals surface area contributed by atoms with Gasteiger partial charge in [0.05, 0.1) is 10.7 Å². The first-order chi connectivity index (χ1) is 16.6. The Hall–Kier alpha value is -3.45. The number of aromatic nitrogens is 4. The minimum absolute atomic E-state index is 0.0424. The molecule has 1 aromatic carbocycles. The van der Waals surface area contributed by atoms with Crippen molar-refractivity contribution >= 4 is 28.4 Å². The number of aryl methyl sites for hydroxylation is 2. The van der Waals surface area contributed by atoms with Crippen LogP contribution < -0.4 is 4.74 Å². The van der Waals surface area contributed by atoms with E-state index < -0.39 is 5.41 Å². The molecule has 0 aliphatic carbocycles. The summed E-state index contributed by atoms with van der Waals surface area (Å²) in [6.07, 6.45) is 5.12. The Morgan fingerprint density at radius 2 is 1.97 bits per heavy atom. The van der Waals surface area contributed by atoms with Crippen molar-refractivity contribution in [2.24, 2.45) is 12.5 Å². The second kappa shape index (κ2) is 9.66. The molecule has 0 N–H and O–H groups in total. The van der Waals surface area contributed by atoms with E-state index in [9.17, 15) is 4.79 Å². The van der Waals surface area contributed by atoms with Gasteiger partial charge in [-0.25, -0.2) is 4.98 Å². The maximum atomic E-state index is 12.7. The molecule has 8 heteroatoms. The van der Waals surface area contributed by atoms with Gasteiger partial charge in [-0.3, -0.25) is 14.5 Å². The van der Waals surface area contributed by atoms with E-state index >= 15 is 0 Å². The molecular weight excluding hydrogens is 462 g/mol. The lowest BCUT2D eigenvalue weighted by atomic mass is 9.94. The van der Waals surface area contributed by atoms with Crippen LogP contribution >= 0.6 is 11.6 Å². The first kappa shape index (κ1) is 24.7. The summed E-state index contributed by atoms with van der Waals surface area (Å²) in [5.41, 5.74) is 4.87. The highest BCUT2D eigenvalue weighted by Gasteiger charge is 2.26. The van der Waals surface area contributed by atoms with Crippen LogP contribution in [0.1, 0.15) is 37.6 Å². The highest BCUT2D eigenvalue weighted by molar-refractivity contribution is 6.31. The van der Waals surface area contributed by atoms with Crippen molar-refractivity contribution in [2.75, 3.05) is 7.05 Å². The third kappa shape index (κ3) is 5.15. The lowest BCUT2D eigenvalue weighted by molar-refractivity contribution is -0.138. The molecule has 0 aliphatic heterocycles. The maximum Gasteiger partial charge on any atom is 0.227 e. The van der Waals surface area contributed by atoms with Crippen LogP contribution in [0.15, 0.2) is 48.9 Å². The zero-order chi connectivity index (χ0) is 25.3. The second-order valence-corrected chi connectivity index (χ2v) is 10.2. The number of benzene rings is 1. The molecule has 0 aliphatic rings. The number of para-hydroxylation sites is 1. The standard InChI is InChI=1S/C27H30ClN5O2/c1-17-12-20(23-10-11-30-33(23)6)19-8-7-9-24(25(19)31-17)35-16-21-18(13-29-14-22(21)28)15-32(5)26(34)27(2,3)4/h7-14H,15-16H2,1-6H3. The molecule has 3 aromatic heterocycles. The summed E-state index contributed by atoms with van der Waals surface area (Å²) in [7, 11) is 3.71. The lowest BCUT2D eigenvalue weighted by Crippen LogP contribution is -2.36. The predicted molar refractivity (Wildman–Crippen MR) is 138 cm³/mol. The first-order valence-corrected chi connectivity index (χ1v) is 11.8. The predicted octanol–water partition coefficient (Wildman–Crippen LogP) is 5.58. The van der Waals surface area contributed by atoms with Gasteiger partial charge in [0, 0.05) is 66.9 Å². The quantitative estimate of drug-likeness (QED) is 0.352. The average Bonchev–Trinajstić information content (AvgIpc) is 3.22. The number of hydrogen-bond donors (Lipinski definition) is 0. The Balaban J connectivity index is 1.66. The van der Waals surface area contributed by atoms with Crippen molar-refractivity contribution in [2.45, 2.75) is 40.8 Å². The molecule has 182 valence electrons. The molecule has 1 amide bonds. The number of hydrogen-bond acceptors (Lipinski definition) is 5. The molecule has 0 radical (unpaired) electrons. The fourth-order valence-electron chi connectivity index (χ4n) is 4.17. The number of fused-ring (bicyclic) bond motifs is 1. The van der Waals surface area contributed by atoms with Gasteiger partial charge in [0.15, 0.2) is 0 Å². The van der Waals surface area contributed by atoms with Crippen LogP contribution in [0.2, 0.25) is 5.02 Å². The van der Waals surface area contributed by atoms with Gasteiger partial charge in [-0.05, 0) is 30.7 Å². The Morgan fingerprint density at radius 3 is 2.66 bits per heavy atom. The summed E-state index contributed by atoms with van der Waals surface area (Å²) >= 11 is 6.53. The smallest absolute Gasteiger partial charge is 0.227 e. The van der Waals surface area contributed by atoms with Gasteiger partial charge < -0.3 is 9.64 Å². The largest absolute Gasteiger partial charge is 0.487 e. The Labute approximate surface area is 210 Å². The fourth-order valence-corrected chi connectivity index (χ4v) is 4.40. The SMILES string of the molecule is Cc1cc(-c2ccnn2C)c2cccc(OCc3c(Cl)cncc3CN(C)C(=O)C(C)(C)C)c2n1. The van der Waals surface area contributed by atoms with Gasteiger partial charge >= 0.3 is 0 Å². The number of halogens is 1. The second-order valence-electron chi connectivity index (χ2n) is 9.76. The van der Waals surface area contributed by atoms with Crippen molar-refractivity contribution in [1.82, 2.24) is 24.6 Å². The Bertz CT molecular complexity index is 1390. The molecule has 4 rings (SSSR count). The highest BCUT2D eigenvalue weighted by Crippen LogP contribution is 2.34. The van der Waals surface area contributed by atoms with E-state index in [1.165, 1.54) is 0 Å². The molecule has 35 heavy (non-hydrogen) atoms. The van der Waals surface area contributed by atoms with Crippen molar-refractivity contribution < 1.29 is 9.53 Å². The molecule has 0 saturated heterocycles. The number of ether oxygens (including phenoxy) is 1. The van der Waals surface area contributed by atoms with E-state index in [4.69, 9.17) is 21.3 Å². The number of amides is 1. The normalized spacial score (nSPS) is 11.6. The summed E-state index contributed by atoms with van der Waals surface area (Å²) in [6.45, 7) is 8.30. The number of rotatable bonds is 6. The molecule has 0 bridgehead atoms. The van der Waals surface area contributed by atoms with Gasteiger partial charge in [-0.2, -0.15) is 5.10 Å². The van der Waals surface area contributed by atoms with Crippen LogP contribution in [0.4, 0.5) is 0 Å². The average molecular weight is 492 g/mol. The van der Waals surface area contributed by atoms with Crippen molar-refractivity contribution in [3.8, 4) is 17.0 Å². The van der Waals surface area contributed by atoms with E-state index in [-0.39, 0.29) is 12.5 Å². The number of nitrogens with zero attached hydrogens (tertiary/aromatic N) is 5. The number of carbonyl (C=O) groups excluding carboxylic acids is 1. The minimum atomic E-state index is -0.477. The van der Waals surface area contributed by atoms with Crippen LogP contribution in [-0.4, -0.2) is 37.6 Å². The lowest BCUT2D eigenvalue weighted by Gasteiger charge is -2.26. The van der Waals surface area contributed by atoms with E-state index in [2.05, 4.69) is 16.1 Å². The van der Waals surface area contributed by atoms with E-state index in [0.717, 1.165) is 39.0 Å². The van der Waals surface area contributed by atoms with E-state index in [1.54, 1.807) is 30.5 Å². The van der Waals surface area contributed by atoms with Crippen molar-refractivity contribution in [3.63, 3.8) is 0 Å². The van der Waals surface area contributed by atoms with Crippen molar-refractivity contribution in [3.05, 3.63) is 70.8 Å². The van der Waals surface area contributed by atoms with Gasteiger partial charge in [0.25, 0.3) is 0 Å². The van der Waals surface area contributed by atoms with Crippen LogP contribution in [0.25, 0.3) is 22.2 Å². The van der Waals surface area contributed by atoms with Crippen LogP contribution in [0.5, 0.6) is 5.75 Å². The zero-order valence-corrected chi connectivity index (χ0v) is 21.7. The molecule has 3 heterocycles. The van der Waals surface area contributed by atoms with Crippen LogP contribution in [0.3, 0.4) is 0 Å². The maximum absolute atomic E-state index is 12.7. The Morgan fingerprint density at radius 1 is 1.20 bits per heavy atom. The van der Waals surface area contributed by atoms with Crippen molar-refractivity contribution in [1.29, 1.82) is 0 Å². The molecule has 7 nitrogen and oxygen atoms in total. The fraction of sp³-hybridized carbons (Fsp3) is 0.333. The molecule has 0 unspecified atom stereocenters. The Kier molecular flexibility index (Phi) is 6.81. The highest BCUT2D eigenvalue weighted by atomic mass is 35.5. The molecule has 0 atom stereocenters. The first-order valence-electron chi connectivity index (χ1n) is 11.4. The number of carbonyl (C=O) groups is 1. The van der Waals surface area contributed by atoms with Gasteiger partial charge in [0.2, 0.25) is 5.91 Å². The monoisotopic (exact) mass is 491 g/mol. The van der Waals surface area contributed by atoms with Gasteiger partial charge in [0.1, 0.15) is 17.9 Å². The summed E-state index contributed by atoms with van der Waals surface area (Å²) in [5, 5.41) is 5.79. The number of pyridine rings is 2. The van der Waals surface area contributed by atoms with E-state index in [0.29, 0.717) is 17.3 Å². The molecule has 0 saturated carbocycles. The summed E-state index contributed by atoms with van der Waals surface area (Å²) < 4.78 is 8.14. The van der Waals surface area contributed by atoms with E-state index in [1.807, 2.05) is 63.7 Å². The van der Waals surface area contributed by atoms with Crippen LogP contribution in [-0.2, 0) is 25.0 Å². The molecule has 4 aromatic rings. The van der Waals surface area contributed by atoms with Gasteiger partial charge in [-0.15, -0.1) is 0 Å². The van der Waals surface area contributed by atoms with Gasteiger partial charge in [-0.1, -0.05) is 44.5 Å². The molecule has 0 fully saturated rings. The third-order valence-electron chi connectivity index (χ3n) is 5.89. The van der Waals surface area contributed by atoms with Crippen LogP contribution in [0, 0.1) is 12.3 Å². The molecule has 0 spiro atoms. The topological polar surface area (TPSA) is 73.1 Å². The summed E-state index contributed by atoms with van der Waals surface area (Å²) in [4.78, 5) is 23.4. The molecular formula is C27H30ClN5O2. The summed E-state index contributed by atoms with van der Waals surface area (Å²) in [6, 6.07) is 9.95. The summed E-state index contributed by atoms with van der Waals surface area (Å²) in [5.74, 6) is 0.702. The zero-order valence-electron chi connectivity index (χ0n) is 21.0. The third-order valence-corrected chi connectivity index (χ3v) is 6.22.